The van der Waals surface area contributed by atoms with Crippen LogP contribution >= 0.6 is 0 Å². The standard InChI is InChI=1S/C21H26N4O/c1-15-14-18(20(26)23-17-9-4-2-3-5-10-17)24-21(22-15)25-13-12-16-8-6-7-11-19(16)25/h6-8,11,14,17H,2-5,9-10,12-13H2,1H3,(H,23,26). The van der Waals surface area contributed by atoms with Crippen LogP contribution < -0.4 is 10.2 Å². The Hall–Kier alpha value is -2.43. The number of amides is 1. The predicted octanol–water partition coefficient (Wildman–Crippen LogP) is 3.93. The zero-order valence-electron chi connectivity index (χ0n) is 15.4. The highest BCUT2D eigenvalue weighted by Crippen LogP contribution is 2.32. The molecule has 0 atom stereocenters. The van der Waals surface area contributed by atoms with E-state index in [1.807, 2.05) is 13.0 Å². The van der Waals surface area contributed by atoms with Gasteiger partial charge in [0.25, 0.3) is 5.91 Å². The lowest BCUT2D eigenvalue weighted by Crippen LogP contribution is -2.35. The molecule has 5 heteroatoms. The summed E-state index contributed by atoms with van der Waals surface area (Å²) in [5, 5.41) is 3.19. The summed E-state index contributed by atoms with van der Waals surface area (Å²) in [6.07, 6.45) is 8.07. The summed E-state index contributed by atoms with van der Waals surface area (Å²) >= 11 is 0. The predicted molar refractivity (Wildman–Crippen MR) is 103 cm³/mol. The largest absolute Gasteiger partial charge is 0.348 e. The molecule has 26 heavy (non-hydrogen) atoms. The van der Waals surface area contributed by atoms with Crippen molar-refractivity contribution in [2.24, 2.45) is 0 Å². The van der Waals surface area contributed by atoms with Gasteiger partial charge >= 0.3 is 0 Å². The number of anilines is 2. The van der Waals surface area contributed by atoms with Gasteiger partial charge in [0.1, 0.15) is 5.69 Å². The van der Waals surface area contributed by atoms with Crippen molar-refractivity contribution in [3.8, 4) is 0 Å². The number of aryl methyl sites for hydroxylation is 1. The highest BCUT2D eigenvalue weighted by atomic mass is 16.1. The third kappa shape index (κ3) is 3.57. The Bertz CT molecular complexity index is 796. The highest BCUT2D eigenvalue weighted by molar-refractivity contribution is 5.93. The Morgan fingerprint density at radius 2 is 1.88 bits per heavy atom. The number of para-hydroxylation sites is 1. The summed E-state index contributed by atoms with van der Waals surface area (Å²) in [6, 6.07) is 10.4. The van der Waals surface area contributed by atoms with Gasteiger partial charge in [-0.2, -0.15) is 0 Å². The molecular weight excluding hydrogens is 324 g/mol. The summed E-state index contributed by atoms with van der Waals surface area (Å²) in [5.41, 5.74) is 3.75. The van der Waals surface area contributed by atoms with E-state index in [1.165, 1.54) is 31.2 Å². The van der Waals surface area contributed by atoms with Gasteiger partial charge in [-0.15, -0.1) is 0 Å². The van der Waals surface area contributed by atoms with Crippen LogP contribution in [0.4, 0.5) is 11.6 Å². The van der Waals surface area contributed by atoms with Crippen molar-refractivity contribution < 1.29 is 4.79 Å². The van der Waals surface area contributed by atoms with E-state index in [0.717, 1.165) is 37.2 Å². The molecule has 2 aromatic rings. The van der Waals surface area contributed by atoms with Gasteiger partial charge in [0, 0.05) is 24.0 Å². The Morgan fingerprint density at radius 1 is 1.12 bits per heavy atom. The number of rotatable bonds is 3. The fourth-order valence-corrected chi connectivity index (χ4v) is 4.02. The summed E-state index contributed by atoms with van der Waals surface area (Å²) < 4.78 is 0. The van der Waals surface area contributed by atoms with Crippen LogP contribution in [0.3, 0.4) is 0 Å². The van der Waals surface area contributed by atoms with Gasteiger partial charge in [0.15, 0.2) is 0 Å². The highest BCUT2D eigenvalue weighted by Gasteiger charge is 2.24. The van der Waals surface area contributed by atoms with E-state index in [9.17, 15) is 4.79 Å². The molecule has 0 radical (unpaired) electrons. The first kappa shape index (κ1) is 17.0. The van der Waals surface area contributed by atoms with Crippen LogP contribution in [-0.2, 0) is 6.42 Å². The molecule has 1 aliphatic heterocycles. The lowest BCUT2D eigenvalue weighted by Gasteiger charge is -2.19. The fourth-order valence-electron chi connectivity index (χ4n) is 4.02. The minimum Gasteiger partial charge on any atom is -0.348 e. The molecule has 2 heterocycles. The van der Waals surface area contributed by atoms with Crippen LogP contribution in [0.2, 0.25) is 0 Å². The van der Waals surface area contributed by atoms with Crippen LogP contribution in [0, 0.1) is 6.92 Å². The van der Waals surface area contributed by atoms with Crippen molar-refractivity contribution in [2.75, 3.05) is 11.4 Å². The molecule has 0 bridgehead atoms. The van der Waals surface area contributed by atoms with Gasteiger partial charge in [-0.05, 0) is 43.9 Å². The van der Waals surface area contributed by atoms with Crippen molar-refractivity contribution in [1.82, 2.24) is 15.3 Å². The Kier molecular flexibility index (Phi) is 4.87. The van der Waals surface area contributed by atoms with Crippen LogP contribution in [0.1, 0.15) is 60.3 Å². The summed E-state index contributed by atoms with van der Waals surface area (Å²) in [6.45, 7) is 2.78. The first-order valence-corrected chi connectivity index (χ1v) is 9.73. The maximum absolute atomic E-state index is 12.8. The van der Waals surface area contributed by atoms with Gasteiger partial charge in [0.2, 0.25) is 5.95 Å². The van der Waals surface area contributed by atoms with Crippen LogP contribution in [0.25, 0.3) is 0 Å². The number of aromatic nitrogens is 2. The number of hydrogen-bond donors (Lipinski definition) is 1. The van der Waals surface area contributed by atoms with E-state index in [2.05, 4.69) is 38.4 Å². The second-order valence-corrected chi connectivity index (χ2v) is 7.39. The SMILES string of the molecule is Cc1cc(C(=O)NC2CCCCCC2)nc(N2CCc3ccccc32)n1. The Balaban J connectivity index is 1.56. The van der Waals surface area contributed by atoms with E-state index in [0.29, 0.717) is 11.6 Å². The van der Waals surface area contributed by atoms with Crippen molar-refractivity contribution in [1.29, 1.82) is 0 Å². The number of hydrogen-bond acceptors (Lipinski definition) is 4. The molecule has 1 N–H and O–H groups in total. The van der Waals surface area contributed by atoms with E-state index in [-0.39, 0.29) is 11.9 Å². The first-order valence-electron chi connectivity index (χ1n) is 9.73. The molecular formula is C21H26N4O. The number of nitrogens with one attached hydrogen (secondary N) is 1. The van der Waals surface area contributed by atoms with Crippen molar-refractivity contribution >= 4 is 17.5 Å². The summed E-state index contributed by atoms with van der Waals surface area (Å²) in [4.78, 5) is 24.1. The smallest absolute Gasteiger partial charge is 0.270 e. The second kappa shape index (κ2) is 7.44. The zero-order valence-corrected chi connectivity index (χ0v) is 15.4. The number of carbonyl (C=O) groups excluding carboxylic acids is 1. The Labute approximate surface area is 154 Å². The van der Waals surface area contributed by atoms with E-state index < -0.39 is 0 Å². The van der Waals surface area contributed by atoms with E-state index in [4.69, 9.17) is 0 Å². The van der Waals surface area contributed by atoms with Crippen LogP contribution in [0.5, 0.6) is 0 Å². The van der Waals surface area contributed by atoms with Gasteiger partial charge in [0.05, 0.1) is 0 Å². The molecule has 1 aromatic heterocycles. The number of nitrogens with zero attached hydrogens (tertiary/aromatic N) is 3. The van der Waals surface area contributed by atoms with Crippen molar-refractivity contribution in [2.45, 2.75) is 57.9 Å². The topological polar surface area (TPSA) is 58.1 Å². The molecule has 136 valence electrons. The molecule has 0 spiro atoms. The van der Waals surface area contributed by atoms with Gasteiger partial charge < -0.3 is 10.2 Å². The minimum absolute atomic E-state index is 0.0730. The third-order valence-corrected chi connectivity index (χ3v) is 5.39. The number of benzene rings is 1. The summed E-state index contributed by atoms with van der Waals surface area (Å²) in [5.74, 6) is 0.553. The van der Waals surface area contributed by atoms with Gasteiger partial charge in [-0.1, -0.05) is 43.9 Å². The first-order chi connectivity index (χ1) is 12.7. The maximum Gasteiger partial charge on any atom is 0.270 e. The molecule has 0 unspecified atom stereocenters. The molecule has 5 nitrogen and oxygen atoms in total. The maximum atomic E-state index is 12.8. The lowest BCUT2D eigenvalue weighted by atomic mass is 10.1. The molecule has 2 aliphatic rings. The molecule has 4 rings (SSSR count). The molecule has 1 aromatic carbocycles. The lowest BCUT2D eigenvalue weighted by molar-refractivity contribution is 0.0928. The van der Waals surface area contributed by atoms with Crippen LogP contribution in [-0.4, -0.2) is 28.5 Å². The van der Waals surface area contributed by atoms with Crippen molar-refractivity contribution in [3.05, 3.63) is 47.3 Å². The monoisotopic (exact) mass is 350 g/mol. The second-order valence-electron chi connectivity index (χ2n) is 7.39. The third-order valence-electron chi connectivity index (χ3n) is 5.39. The number of carbonyl (C=O) groups is 1. The minimum atomic E-state index is -0.0730. The number of fused-ring (bicyclic) bond motifs is 1. The fraction of sp³-hybridized carbons (Fsp3) is 0.476. The van der Waals surface area contributed by atoms with Crippen molar-refractivity contribution in [3.63, 3.8) is 0 Å². The molecule has 0 saturated heterocycles. The van der Waals surface area contributed by atoms with E-state index >= 15 is 0 Å². The van der Waals surface area contributed by atoms with Gasteiger partial charge in [-0.3, -0.25) is 4.79 Å². The average molecular weight is 350 g/mol. The van der Waals surface area contributed by atoms with E-state index in [1.54, 1.807) is 6.07 Å². The average Bonchev–Trinajstić information content (AvgIpc) is 2.91. The molecule has 1 aliphatic carbocycles. The molecule has 1 fully saturated rings. The van der Waals surface area contributed by atoms with Crippen LogP contribution in [0.15, 0.2) is 30.3 Å². The quantitative estimate of drug-likeness (QED) is 0.852. The summed E-state index contributed by atoms with van der Waals surface area (Å²) in [7, 11) is 0. The molecule has 1 saturated carbocycles. The normalized spacial score (nSPS) is 17.7. The Morgan fingerprint density at radius 3 is 2.69 bits per heavy atom. The zero-order chi connectivity index (χ0) is 17.9. The molecule has 1 amide bonds. The van der Waals surface area contributed by atoms with Gasteiger partial charge in [-0.25, -0.2) is 9.97 Å².